The fraction of sp³-hybridized carbons (Fsp3) is 0.0909. The van der Waals surface area contributed by atoms with Crippen LogP contribution in [-0.4, -0.2) is 21.0 Å². The number of hydrogen-bond donors (Lipinski definition) is 3. The summed E-state index contributed by atoms with van der Waals surface area (Å²) in [5.74, 6) is -1.38. The molecular formula is C11H7F3N2O3. The molecule has 19 heavy (non-hydrogen) atoms. The topological polar surface area (TPSA) is 85.9 Å². The van der Waals surface area contributed by atoms with Gasteiger partial charge in [0.2, 0.25) is 0 Å². The maximum atomic E-state index is 12.4. The van der Waals surface area contributed by atoms with Crippen LogP contribution in [0.15, 0.2) is 29.1 Å². The number of H-pyrrole nitrogens is 2. The van der Waals surface area contributed by atoms with Gasteiger partial charge in [0.05, 0.1) is 11.3 Å². The Kier molecular flexibility index (Phi) is 2.93. The number of carboxylic acids is 1. The van der Waals surface area contributed by atoms with Gasteiger partial charge in [-0.25, -0.2) is 9.59 Å². The van der Waals surface area contributed by atoms with Crippen LogP contribution in [0.25, 0.3) is 11.3 Å². The third-order valence-corrected chi connectivity index (χ3v) is 2.44. The minimum Gasteiger partial charge on any atom is -0.477 e. The number of imidazole rings is 1. The quantitative estimate of drug-likeness (QED) is 0.782. The molecule has 2 aromatic rings. The van der Waals surface area contributed by atoms with Gasteiger partial charge < -0.3 is 10.1 Å². The maximum absolute atomic E-state index is 12.4. The third-order valence-electron chi connectivity index (χ3n) is 2.44. The highest BCUT2D eigenvalue weighted by molar-refractivity contribution is 5.92. The molecule has 0 aliphatic rings. The van der Waals surface area contributed by atoms with E-state index in [9.17, 15) is 22.8 Å². The van der Waals surface area contributed by atoms with Crippen molar-refractivity contribution in [3.63, 3.8) is 0 Å². The second-order valence-electron chi connectivity index (χ2n) is 3.71. The Morgan fingerprint density at radius 1 is 1.11 bits per heavy atom. The smallest absolute Gasteiger partial charge is 0.416 e. The molecule has 0 amide bonds. The number of nitrogens with one attached hydrogen (secondary N) is 2. The molecule has 0 aliphatic carbocycles. The Labute approximate surface area is 103 Å². The van der Waals surface area contributed by atoms with Gasteiger partial charge in [-0.3, -0.25) is 4.98 Å². The van der Waals surface area contributed by atoms with Crippen molar-refractivity contribution in [2.24, 2.45) is 0 Å². The number of aromatic carboxylic acids is 1. The first-order valence-corrected chi connectivity index (χ1v) is 5.02. The van der Waals surface area contributed by atoms with Gasteiger partial charge in [-0.1, -0.05) is 12.1 Å². The molecule has 2 rings (SSSR count). The maximum Gasteiger partial charge on any atom is 0.416 e. The predicted molar refractivity (Wildman–Crippen MR) is 58.8 cm³/mol. The van der Waals surface area contributed by atoms with Gasteiger partial charge in [0, 0.05) is 5.56 Å². The molecule has 0 bridgehead atoms. The molecule has 0 radical (unpaired) electrons. The molecule has 1 aromatic heterocycles. The molecule has 1 aromatic carbocycles. The average Bonchev–Trinajstić information content (AvgIpc) is 2.70. The molecule has 0 spiro atoms. The summed E-state index contributed by atoms with van der Waals surface area (Å²) in [5, 5.41) is 8.85. The summed E-state index contributed by atoms with van der Waals surface area (Å²) < 4.78 is 37.1. The van der Waals surface area contributed by atoms with Crippen LogP contribution in [-0.2, 0) is 6.18 Å². The highest BCUT2D eigenvalue weighted by Gasteiger charge is 2.30. The number of benzene rings is 1. The summed E-state index contributed by atoms with van der Waals surface area (Å²) >= 11 is 0. The Bertz CT molecular complexity index is 668. The van der Waals surface area contributed by atoms with Crippen molar-refractivity contribution in [1.82, 2.24) is 9.97 Å². The number of alkyl halides is 3. The number of aromatic amines is 2. The Morgan fingerprint density at radius 3 is 2.16 bits per heavy atom. The lowest BCUT2D eigenvalue weighted by atomic mass is 10.1. The molecule has 5 nitrogen and oxygen atoms in total. The number of aromatic nitrogens is 2. The first-order chi connectivity index (χ1) is 8.79. The fourth-order valence-corrected chi connectivity index (χ4v) is 1.59. The molecule has 8 heteroatoms. The zero-order chi connectivity index (χ0) is 14.2. The van der Waals surface area contributed by atoms with Crippen LogP contribution in [0.2, 0.25) is 0 Å². The Balaban J connectivity index is 2.49. The third kappa shape index (κ3) is 2.51. The van der Waals surface area contributed by atoms with Crippen LogP contribution in [0.5, 0.6) is 0 Å². The molecule has 3 N–H and O–H groups in total. The van der Waals surface area contributed by atoms with Crippen molar-refractivity contribution < 1.29 is 23.1 Å². The lowest BCUT2D eigenvalue weighted by Crippen LogP contribution is -2.04. The van der Waals surface area contributed by atoms with Crippen molar-refractivity contribution in [2.45, 2.75) is 6.18 Å². The van der Waals surface area contributed by atoms with E-state index in [2.05, 4.69) is 9.97 Å². The van der Waals surface area contributed by atoms with E-state index in [0.717, 1.165) is 24.3 Å². The van der Waals surface area contributed by atoms with E-state index >= 15 is 0 Å². The number of carboxylic acid groups (broad SMARTS) is 1. The monoisotopic (exact) mass is 272 g/mol. The summed E-state index contributed by atoms with van der Waals surface area (Å²) in [6.07, 6.45) is -4.47. The van der Waals surface area contributed by atoms with Gasteiger partial charge in [-0.05, 0) is 12.1 Å². The van der Waals surface area contributed by atoms with Crippen LogP contribution in [0.1, 0.15) is 16.1 Å². The van der Waals surface area contributed by atoms with Gasteiger partial charge in [0.25, 0.3) is 0 Å². The van der Waals surface area contributed by atoms with Gasteiger partial charge >= 0.3 is 17.8 Å². The fourth-order valence-electron chi connectivity index (χ4n) is 1.59. The average molecular weight is 272 g/mol. The molecular weight excluding hydrogens is 265 g/mol. The van der Waals surface area contributed by atoms with E-state index in [1.165, 1.54) is 0 Å². The van der Waals surface area contributed by atoms with Crippen LogP contribution in [0, 0.1) is 0 Å². The SMILES string of the molecule is O=C(O)c1[nH]c(=O)[nH]c1-c1ccc(C(F)(F)F)cc1. The summed E-state index contributed by atoms with van der Waals surface area (Å²) in [4.78, 5) is 26.2. The molecule has 0 saturated heterocycles. The Morgan fingerprint density at radius 2 is 1.68 bits per heavy atom. The second-order valence-corrected chi connectivity index (χ2v) is 3.71. The molecule has 100 valence electrons. The summed E-state index contributed by atoms with van der Waals surface area (Å²) in [7, 11) is 0. The number of halogens is 3. The number of rotatable bonds is 2. The van der Waals surface area contributed by atoms with E-state index < -0.39 is 29.1 Å². The first-order valence-electron chi connectivity index (χ1n) is 5.02. The van der Waals surface area contributed by atoms with E-state index in [-0.39, 0.29) is 11.3 Å². The van der Waals surface area contributed by atoms with Crippen molar-refractivity contribution in [3.05, 3.63) is 46.0 Å². The minimum absolute atomic E-state index is 0.0637. The van der Waals surface area contributed by atoms with E-state index in [4.69, 9.17) is 5.11 Å². The van der Waals surface area contributed by atoms with E-state index in [0.29, 0.717) is 0 Å². The predicted octanol–water partition coefficient (Wildman–Crippen LogP) is 2.09. The lowest BCUT2D eigenvalue weighted by Gasteiger charge is -2.07. The zero-order valence-corrected chi connectivity index (χ0v) is 9.21. The Hall–Kier alpha value is -2.51. The standard InChI is InChI=1S/C11H7F3N2O3/c12-11(13,14)6-3-1-5(2-4-6)7-8(9(17)18)16-10(19)15-7/h1-4H,(H,17,18)(H2,15,16,19). The normalized spacial score (nSPS) is 11.5. The van der Waals surface area contributed by atoms with E-state index in [1.807, 2.05) is 0 Å². The van der Waals surface area contributed by atoms with E-state index in [1.54, 1.807) is 0 Å². The van der Waals surface area contributed by atoms with Crippen LogP contribution in [0.4, 0.5) is 13.2 Å². The summed E-state index contributed by atoms with van der Waals surface area (Å²) in [5.41, 5.74) is -1.89. The number of carbonyl (C=O) groups is 1. The van der Waals surface area contributed by atoms with Gasteiger partial charge in [0.1, 0.15) is 0 Å². The van der Waals surface area contributed by atoms with Gasteiger partial charge in [-0.15, -0.1) is 0 Å². The van der Waals surface area contributed by atoms with Crippen LogP contribution < -0.4 is 5.69 Å². The second kappa shape index (κ2) is 4.30. The van der Waals surface area contributed by atoms with Gasteiger partial charge in [-0.2, -0.15) is 13.2 Å². The summed E-state index contributed by atoms with van der Waals surface area (Å²) in [6.45, 7) is 0. The molecule has 0 saturated carbocycles. The van der Waals surface area contributed by atoms with Crippen molar-refractivity contribution in [1.29, 1.82) is 0 Å². The number of hydrogen-bond acceptors (Lipinski definition) is 2. The highest BCUT2D eigenvalue weighted by atomic mass is 19.4. The van der Waals surface area contributed by atoms with Crippen molar-refractivity contribution >= 4 is 5.97 Å². The van der Waals surface area contributed by atoms with Crippen molar-refractivity contribution in [3.8, 4) is 11.3 Å². The minimum atomic E-state index is -4.47. The molecule has 1 heterocycles. The highest BCUT2D eigenvalue weighted by Crippen LogP contribution is 2.30. The largest absolute Gasteiger partial charge is 0.477 e. The van der Waals surface area contributed by atoms with Crippen LogP contribution >= 0.6 is 0 Å². The first kappa shape index (κ1) is 12.9. The molecule has 0 unspecified atom stereocenters. The van der Waals surface area contributed by atoms with Crippen LogP contribution in [0.3, 0.4) is 0 Å². The molecule has 0 fully saturated rings. The van der Waals surface area contributed by atoms with Gasteiger partial charge in [0.15, 0.2) is 5.69 Å². The zero-order valence-electron chi connectivity index (χ0n) is 9.21. The molecule has 0 aliphatic heterocycles. The van der Waals surface area contributed by atoms with Crippen molar-refractivity contribution in [2.75, 3.05) is 0 Å². The molecule has 0 atom stereocenters. The summed E-state index contributed by atoms with van der Waals surface area (Å²) in [6, 6.07) is 3.81. The lowest BCUT2D eigenvalue weighted by molar-refractivity contribution is -0.137.